The lowest BCUT2D eigenvalue weighted by molar-refractivity contribution is 0.475. The summed E-state index contributed by atoms with van der Waals surface area (Å²) in [7, 11) is 1.92. The minimum atomic E-state index is 0.686. The molecular weight excluding hydrogens is 180 g/mol. The highest BCUT2D eigenvalue weighted by Crippen LogP contribution is 1.98. The zero-order valence-corrected chi connectivity index (χ0v) is 7.97. The molecule has 0 fully saturated rings. The quantitative estimate of drug-likeness (QED) is 0.774. The molecule has 0 saturated carbocycles. The van der Waals surface area contributed by atoms with Crippen LogP contribution in [0.1, 0.15) is 11.5 Å². The summed E-state index contributed by atoms with van der Waals surface area (Å²) in [6.07, 6.45) is 4.92. The summed E-state index contributed by atoms with van der Waals surface area (Å²) in [5, 5.41) is 7.31. The van der Waals surface area contributed by atoms with E-state index in [9.17, 15) is 0 Å². The van der Waals surface area contributed by atoms with Gasteiger partial charge in [-0.05, 0) is 6.07 Å². The maximum Gasteiger partial charge on any atom is 0.180 e. The molecule has 14 heavy (non-hydrogen) atoms. The lowest BCUT2D eigenvalue weighted by Crippen LogP contribution is -2.14. The molecule has 1 N–H and O–H groups in total. The molecular formula is C9H12N4O. The Labute approximate surface area is 81.8 Å². The van der Waals surface area contributed by atoms with Crippen molar-refractivity contribution >= 4 is 0 Å². The Morgan fingerprint density at radius 3 is 3.07 bits per heavy atom. The molecule has 5 heteroatoms. The number of hydrogen-bond donors (Lipinski definition) is 1. The van der Waals surface area contributed by atoms with Crippen molar-refractivity contribution in [2.24, 2.45) is 7.05 Å². The minimum absolute atomic E-state index is 0.686. The lowest BCUT2D eigenvalue weighted by atomic mass is 10.4. The number of nitrogens with zero attached hydrogens (tertiary/aromatic N) is 3. The SMILES string of the molecule is Cn1nccc1CNCc1cnco1. The number of nitrogens with one attached hydrogen (secondary N) is 1. The summed E-state index contributed by atoms with van der Waals surface area (Å²) in [4.78, 5) is 3.83. The molecule has 0 aliphatic rings. The molecule has 0 aliphatic heterocycles. The summed E-state index contributed by atoms with van der Waals surface area (Å²) in [5.74, 6) is 0.840. The first-order valence-electron chi connectivity index (χ1n) is 4.41. The Balaban J connectivity index is 1.81. The Hall–Kier alpha value is -1.62. The first-order valence-corrected chi connectivity index (χ1v) is 4.41. The molecule has 2 aromatic rings. The van der Waals surface area contributed by atoms with Crippen molar-refractivity contribution in [3.63, 3.8) is 0 Å². The topological polar surface area (TPSA) is 55.9 Å². The fraction of sp³-hybridized carbons (Fsp3) is 0.333. The Bertz CT molecular complexity index is 379. The predicted molar refractivity (Wildman–Crippen MR) is 50.3 cm³/mol. The average Bonchev–Trinajstić information content (AvgIpc) is 2.78. The predicted octanol–water partition coefficient (Wildman–Crippen LogP) is 0.698. The molecule has 2 rings (SSSR count). The second kappa shape index (κ2) is 4.06. The largest absolute Gasteiger partial charge is 0.447 e. The van der Waals surface area contributed by atoms with Crippen molar-refractivity contribution in [2.75, 3.05) is 0 Å². The van der Waals surface area contributed by atoms with Gasteiger partial charge in [-0.25, -0.2) is 4.98 Å². The third kappa shape index (κ3) is 2.00. The van der Waals surface area contributed by atoms with Gasteiger partial charge in [0.2, 0.25) is 0 Å². The zero-order valence-electron chi connectivity index (χ0n) is 7.97. The van der Waals surface area contributed by atoms with Crippen LogP contribution < -0.4 is 5.32 Å². The van der Waals surface area contributed by atoms with E-state index in [0.717, 1.165) is 18.0 Å². The van der Waals surface area contributed by atoms with Crippen molar-refractivity contribution < 1.29 is 4.42 Å². The number of aromatic nitrogens is 3. The van der Waals surface area contributed by atoms with Crippen LogP contribution >= 0.6 is 0 Å². The summed E-state index contributed by atoms with van der Waals surface area (Å²) in [6.45, 7) is 1.46. The van der Waals surface area contributed by atoms with E-state index in [1.54, 1.807) is 12.4 Å². The standard InChI is InChI=1S/C9H12N4O/c1-13-8(2-3-12-13)4-10-5-9-6-11-7-14-9/h2-3,6-7,10H,4-5H2,1H3. The maximum absolute atomic E-state index is 5.09. The van der Waals surface area contributed by atoms with E-state index in [-0.39, 0.29) is 0 Å². The molecule has 0 spiro atoms. The number of oxazole rings is 1. The van der Waals surface area contributed by atoms with Gasteiger partial charge in [0.25, 0.3) is 0 Å². The Morgan fingerprint density at radius 1 is 1.50 bits per heavy atom. The molecule has 2 heterocycles. The van der Waals surface area contributed by atoms with Gasteiger partial charge in [-0.2, -0.15) is 5.10 Å². The second-order valence-electron chi connectivity index (χ2n) is 3.02. The van der Waals surface area contributed by atoms with Crippen LogP contribution in [-0.2, 0) is 20.1 Å². The van der Waals surface area contributed by atoms with Crippen molar-refractivity contribution in [3.8, 4) is 0 Å². The molecule has 0 unspecified atom stereocenters. The van der Waals surface area contributed by atoms with E-state index in [1.165, 1.54) is 6.39 Å². The molecule has 0 amide bonds. The van der Waals surface area contributed by atoms with Crippen LogP contribution in [0.5, 0.6) is 0 Å². The van der Waals surface area contributed by atoms with Crippen LogP contribution in [0.4, 0.5) is 0 Å². The summed E-state index contributed by atoms with van der Waals surface area (Å²) in [6, 6.07) is 1.98. The zero-order chi connectivity index (χ0) is 9.80. The molecule has 0 aliphatic carbocycles. The van der Waals surface area contributed by atoms with E-state index in [0.29, 0.717) is 6.54 Å². The van der Waals surface area contributed by atoms with Gasteiger partial charge in [0.1, 0.15) is 5.76 Å². The highest BCUT2D eigenvalue weighted by atomic mass is 16.3. The van der Waals surface area contributed by atoms with Crippen LogP contribution in [0.3, 0.4) is 0 Å². The first-order chi connectivity index (χ1) is 6.86. The van der Waals surface area contributed by atoms with Gasteiger partial charge < -0.3 is 9.73 Å². The van der Waals surface area contributed by atoms with Gasteiger partial charge in [-0.15, -0.1) is 0 Å². The minimum Gasteiger partial charge on any atom is -0.447 e. The van der Waals surface area contributed by atoms with E-state index in [1.807, 2.05) is 17.8 Å². The molecule has 74 valence electrons. The van der Waals surface area contributed by atoms with Gasteiger partial charge in [-0.1, -0.05) is 0 Å². The van der Waals surface area contributed by atoms with Gasteiger partial charge in [-0.3, -0.25) is 4.68 Å². The lowest BCUT2D eigenvalue weighted by Gasteiger charge is -2.02. The fourth-order valence-electron chi connectivity index (χ4n) is 1.22. The molecule has 0 bridgehead atoms. The maximum atomic E-state index is 5.09. The second-order valence-corrected chi connectivity index (χ2v) is 3.02. The van der Waals surface area contributed by atoms with E-state index < -0.39 is 0 Å². The smallest absolute Gasteiger partial charge is 0.180 e. The van der Waals surface area contributed by atoms with Gasteiger partial charge in [0.05, 0.1) is 18.4 Å². The molecule has 0 saturated heterocycles. The third-order valence-electron chi connectivity index (χ3n) is 2.01. The van der Waals surface area contributed by atoms with Gasteiger partial charge >= 0.3 is 0 Å². The van der Waals surface area contributed by atoms with Crippen LogP contribution in [-0.4, -0.2) is 14.8 Å². The number of rotatable bonds is 4. The highest BCUT2D eigenvalue weighted by Gasteiger charge is 1.99. The fourth-order valence-corrected chi connectivity index (χ4v) is 1.22. The van der Waals surface area contributed by atoms with Gasteiger partial charge in [0.15, 0.2) is 6.39 Å². The number of hydrogen-bond acceptors (Lipinski definition) is 4. The summed E-state index contributed by atoms with van der Waals surface area (Å²) >= 11 is 0. The van der Waals surface area contributed by atoms with Crippen LogP contribution in [0.15, 0.2) is 29.3 Å². The molecule has 0 radical (unpaired) electrons. The average molecular weight is 192 g/mol. The summed E-state index contributed by atoms with van der Waals surface area (Å²) in [5.41, 5.74) is 1.14. The number of aryl methyl sites for hydroxylation is 1. The van der Waals surface area contributed by atoms with E-state index in [2.05, 4.69) is 15.4 Å². The molecule has 0 atom stereocenters. The molecule has 0 aromatic carbocycles. The molecule has 5 nitrogen and oxygen atoms in total. The van der Waals surface area contributed by atoms with Crippen LogP contribution in [0, 0.1) is 0 Å². The van der Waals surface area contributed by atoms with Crippen LogP contribution in [0.2, 0.25) is 0 Å². The van der Waals surface area contributed by atoms with Crippen molar-refractivity contribution in [1.29, 1.82) is 0 Å². The monoisotopic (exact) mass is 192 g/mol. The van der Waals surface area contributed by atoms with Crippen molar-refractivity contribution in [3.05, 3.63) is 36.3 Å². The van der Waals surface area contributed by atoms with Crippen molar-refractivity contribution in [1.82, 2.24) is 20.1 Å². The van der Waals surface area contributed by atoms with Crippen LogP contribution in [0.25, 0.3) is 0 Å². The highest BCUT2D eigenvalue weighted by molar-refractivity contribution is 4.99. The summed E-state index contributed by atoms with van der Waals surface area (Å²) < 4.78 is 6.93. The van der Waals surface area contributed by atoms with E-state index in [4.69, 9.17) is 4.42 Å². The van der Waals surface area contributed by atoms with E-state index >= 15 is 0 Å². The molecule has 2 aromatic heterocycles. The Kier molecular flexibility index (Phi) is 2.60. The van der Waals surface area contributed by atoms with Crippen molar-refractivity contribution in [2.45, 2.75) is 13.1 Å². The Morgan fingerprint density at radius 2 is 2.43 bits per heavy atom. The van der Waals surface area contributed by atoms with Gasteiger partial charge in [0, 0.05) is 19.8 Å². The third-order valence-corrected chi connectivity index (χ3v) is 2.01. The normalized spacial score (nSPS) is 10.6. The first kappa shape index (κ1) is 8.96.